The molecule has 1 aromatic carbocycles. The second-order valence-electron chi connectivity index (χ2n) is 4.55. The molecule has 0 saturated heterocycles. The molecule has 102 valence electrons. The molecule has 6 nitrogen and oxygen atoms in total. The lowest BCUT2D eigenvalue weighted by Crippen LogP contribution is -2.22. The van der Waals surface area contributed by atoms with Gasteiger partial charge in [0.15, 0.2) is 0 Å². The topological polar surface area (TPSA) is 90.9 Å². The standard InChI is InChI=1S/C14H13N3O3/c18-13(19)12-8-16-14(20)17(12)6-5-9-7-15-11-4-2-1-3-10(9)11/h1-4,7-8,15H,5-6H2,(H,16,20)(H,18,19). The van der Waals surface area contributed by atoms with Crippen LogP contribution in [-0.2, 0) is 13.0 Å². The van der Waals surface area contributed by atoms with Crippen molar-refractivity contribution >= 4 is 16.9 Å². The number of hydrogen-bond acceptors (Lipinski definition) is 2. The van der Waals surface area contributed by atoms with Gasteiger partial charge in [-0.3, -0.25) is 4.57 Å². The maximum absolute atomic E-state index is 11.6. The maximum Gasteiger partial charge on any atom is 0.354 e. The summed E-state index contributed by atoms with van der Waals surface area (Å²) in [5, 5.41) is 10.1. The van der Waals surface area contributed by atoms with Gasteiger partial charge >= 0.3 is 11.7 Å². The molecule has 0 atom stereocenters. The molecule has 0 bridgehead atoms. The van der Waals surface area contributed by atoms with Crippen molar-refractivity contribution < 1.29 is 9.90 Å². The number of aromatic amines is 2. The minimum atomic E-state index is -1.11. The van der Waals surface area contributed by atoms with Gasteiger partial charge in [-0.25, -0.2) is 9.59 Å². The predicted molar refractivity (Wildman–Crippen MR) is 74.0 cm³/mol. The second-order valence-corrected chi connectivity index (χ2v) is 4.55. The molecular formula is C14H13N3O3. The fourth-order valence-corrected chi connectivity index (χ4v) is 2.37. The lowest BCUT2D eigenvalue weighted by atomic mass is 10.1. The van der Waals surface area contributed by atoms with E-state index in [-0.39, 0.29) is 5.69 Å². The van der Waals surface area contributed by atoms with E-state index in [1.807, 2.05) is 30.5 Å². The van der Waals surface area contributed by atoms with E-state index in [0.717, 1.165) is 16.5 Å². The highest BCUT2D eigenvalue weighted by Gasteiger charge is 2.13. The van der Waals surface area contributed by atoms with Crippen LogP contribution in [0.3, 0.4) is 0 Å². The van der Waals surface area contributed by atoms with E-state index >= 15 is 0 Å². The highest BCUT2D eigenvalue weighted by Crippen LogP contribution is 2.18. The predicted octanol–water partition coefficient (Wildman–Crippen LogP) is 1.60. The van der Waals surface area contributed by atoms with Gasteiger partial charge in [0.05, 0.1) is 0 Å². The van der Waals surface area contributed by atoms with Crippen LogP contribution in [0.4, 0.5) is 0 Å². The zero-order valence-electron chi connectivity index (χ0n) is 10.6. The number of carboxylic acid groups (broad SMARTS) is 1. The fourth-order valence-electron chi connectivity index (χ4n) is 2.37. The van der Waals surface area contributed by atoms with Crippen molar-refractivity contribution in [3.8, 4) is 0 Å². The number of H-pyrrole nitrogens is 2. The van der Waals surface area contributed by atoms with Gasteiger partial charge in [0.1, 0.15) is 5.69 Å². The Kier molecular flexibility index (Phi) is 2.90. The summed E-state index contributed by atoms with van der Waals surface area (Å²) < 4.78 is 1.24. The Bertz CT molecular complexity index is 825. The van der Waals surface area contributed by atoms with Crippen molar-refractivity contribution in [3.63, 3.8) is 0 Å². The highest BCUT2D eigenvalue weighted by atomic mass is 16.4. The van der Waals surface area contributed by atoms with Crippen LogP contribution in [0.2, 0.25) is 0 Å². The maximum atomic E-state index is 11.6. The summed E-state index contributed by atoms with van der Waals surface area (Å²) >= 11 is 0. The lowest BCUT2D eigenvalue weighted by molar-refractivity contribution is 0.0684. The molecule has 0 aliphatic heterocycles. The molecule has 0 spiro atoms. The van der Waals surface area contributed by atoms with Gasteiger partial charge in [0.2, 0.25) is 0 Å². The first-order valence-electron chi connectivity index (χ1n) is 6.23. The van der Waals surface area contributed by atoms with E-state index in [4.69, 9.17) is 5.11 Å². The van der Waals surface area contributed by atoms with Gasteiger partial charge in [-0.2, -0.15) is 0 Å². The zero-order chi connectivity index (χ0) is 14.1. The number of para-hydroxylation sites is 1. The normalized spacial score (nSPS) is 11.0. The first-order valence-corrected chi connectivity index (χ1v) is 6.23. The van der Waals surface area contributed by atoms with Crippen LogP contribution in [0.5, 0.6) is 0 Å². The number of nitrogens with one attached hydrogen (secondary N) is 2. The van der Waals surface area contributed by atoms with Crippen LogP contribution in [0.15, 0.2) is 41.5 Å². The van der Waals surface area contributed by atoms with Gasteiger partial charge in [-0.1, -0.05) is 18.2 Å². The third kappa shape index (κ3) is 2.01. The Labute approximate surface area is 113 Å². The van der Waals surface area contributed by atoms with E-state index in [2.05, 4.69) is 9.97 Å². The van der Waals surface area contributed by atoms with Crippen molar-refractivity contribution in [1.82, 2.24) is 14.5 Å². The minimum Gasteiger partial charge on any atom is -0.477 e. The van der Waals surface area contributed by atoms with Gasteiger partial charge in [-0.15, -0.1) is 0 Å². The van der Waals surface area contributed by atoms with Crippen molar-refractivity contribution in [2.24, 2.45) is 0 Å². The number of rotatable bonds is 4. The number of aryl methyl sites for hydroxylation is 1. The van der Waals surface area contributed by atoms with E-state index in [1.165, 1.54) is 10.8 Å². The molecule has 0 fully saturated rings. The number of carbonyl (C=O) groups is 1. The molecule has 3 aromatic rings. The van der Waals surface area contributed by atoms with E-state index in [0.29, 0.717) is 13.0 Å². The average molecular weight is 271 g/mol. The number of nitrogens with zero attached hydrogens (tertiary/aromatic N) is 1. The Balaban J connectivity index is 1.89. The number of hydrogen-bond donors (Lipinski definition) is 3. The quantitative estimate of drug-likeness (QED) is 0.673. The Morgan fingerprint density at radius 3 is 2.80 bits per heavy atom. The zero-order valence-corrected chi connectivity index (χ0v) is 10.6. The summed E-state index contributed by atoms with van der Waals surface area (Å²) in [4.78, 5) is 28.2. The molecule has 0 radical (unpaired) electrons. The summed E-state index contributed by atoms with van der Waals surface area (Å²) in [6.07, 6.45) is 3.70. The summed E-state index contributed by atoms with van der Waals surface area (Å²) in [6.45, 7) is 0.325. The Hall–Kier alpha value is -2.76. The molecule has 0 aliphatic carbocycles. The monoisotopic (exact) mass is 271 g/mol. The molecule has 0 aliphatic rings. The molecular weight excluding hydrogens is 258 g/mol. The molecule has 2 aromatic heterocycles. The first kappa shape index (κ1) is 12.3. The van der Waals surface area contributed by atoms with E-state index < -0.39 is 11.7 Å². The molecule has 3 rings (SSSR count). The summed E-state index contributed by atoms with van der Waals surface area (Å²) in [5.74, 6) is -1.11. The average Bonchev–Trinajstić information content (AvgIpc) is 3.00. The molecule has 3 N–H and O–H groups in total. The van der Waals surface area contributed by atoms with Gasteiger partial charge in [-0.05, 0) is 18.1 Å². The number of aromatic nitrogens is 3. The summed E-state index contributed by atoms with van der Waals surface area (Å²) in [5.41, 5.74) is 1.67. The second kappa shape index (κ2) is 4.73. The van der Waals surface area contributed by atoms with Crippen LogP contribution in [0.25, 0.3) is 10.9 Å². The number of benzene rings is 1. The largest absolute Gasteiger partial charge is 0.477 e. The van der Waals surface area contributed by atoms with Crippen molar-refractivity contribution in [3.05, 3.63) is 58.4 Å². The molecule has 0 unspecified atom stereocenters. The van der Waals surface area contributed by atoms with Gasteiger partial charge in [0, 0.05) is 29.8 Å². The minimum absolute atomic E-state index is 0.0187. The molecule has 0 amide bonds. The fraction of sp³-hybridized carbons (Fsp3) is 0.143. The summed E-state index contributed by atoms with van der Waals surface area (Å²) in [7, 11) is 0. The van der Waals surface area contributed by atoms with Crippen LogP contribution in [0.1, 0.15) is 16.1 Å². The number of carboxylic acids is 1. The smallest absolute Gasteiger partial charge is 0.354 e. The van der Waals surface area contributed by atoms with E-state index in [1.54, 1.807) is 0 Å². The number of imidazole rings is 1. The van der Waals surface area contributed by atoms with Crippen molar-refractivity contribution in [2.75, 3.05) is 0 Å². The molecule has 20 heavy (non-hydrogen) atoms. The molecule has 0 saturated carbocycles. The van der Waals surface area contributed by atoms with Crippen LogP contribution < -0.4 is 5.69 Å². The highest BCUT2D eigenvalue weighted by molar-refractivity contribution is 5.85. The number of fused-ring (bicyclic) bond motifs is 1. The van der Waals surface area contributed by atoms with E-state index in [9.17, 15) is 9.59 Å². The van der Waals surface area contributed by atoms with Crippen LogP contribution >= 0.6 is 0 Å². The van der Waals surface area contributed by atoms with Crippen LogP contribution in [0, 0.1) is 0 Å². The molecule has 6 heteroatoms. The summed E-state index contributed by atoms with van der Waals surface area (Å²) in [6, 6.07) is 7.87. The van der Waals surface area contributed by atoms with Gasteiger partial charge in [0.25, 0.3) is 0 Å². The number of aromatic carboxylic acids is 1. The van der Waals surface area contributed by atoms with Crippen molar-refractivity contribution in [2.45, 2.75) is 13.0 Å². The SMILES string of the molecule is O=C(O)c1c[nH]c(=O)n1CCc1c[nH]c2ccccc12. The Morgan fingerprint density at radius 1 is 1.20 bits per heavy atom. The van der Waals surface area contributed by atoms with Crippen molar-refractivity contribution in [1.29, 1.82) is 0 Å². The molecule has 2 heterocycles. The Morgan fingerprint density at radius 2 is 2.00 bits per heavy atom. The lowest BCUT2D eigenvalue weighted by Gasteiger charge is -2.03. The third-order valence-electron chi connectivity index (χ3n) is 3.37. The van der Waals surface area contributed by atoms with Gasteiger partial charge < -0.3 is 15.1 Å². The third-order valence-corrected chi connectivity index (χ3v) is 3.37. The van der Waals surface area contributed by atoms with Crippen LogP contribution in [-0.4, -0.2) is 25.6 Å². The first-order chi connectivity index (χ1) is 9.66.